The molecule has 1 aliphatic carbocycles. The smallest absolute Gasteiger partial charge is 0.433 e. The fourth-order valence-electron chi connectivity index (χ4n) is 5.46. The van der Waals surface area contributed by atoms with Gasteiger partial charge in [0, 0.05) is 29.3 Å². The second-order valence-electron chi connectivity index (χ2n) is 12.2. The summed E-state index contributed by atoms with van der Waals surface area (Å²) in [7, 11) is 3.19. The Morgan fingerprint density at radius 2 is 1.63 bits per heavy atom. The molecule has 1 saturated heterocycles. The first-order valence-electron chi connectivity index (χ1n) is 15.3. The first-order chi connectivity index (χ1) is 23.8. The third kappa shape index (κ3) is 8.31. The van der Waals surface area contributed by atoms with Crippen LogP contribution in [0.5, 0.6) is 17.4 Å². The van der Waals surface area contributed by atoms with E-state index in [-0.39, 0.29) is 51.7 Å². The number of aromatic nitrogens is 2. The largest absolute Gasteiger partial charge is 0.487 e. The summed E-state index contributed by atoms with van der Waals surface area (Å²) in [5.74, 6) is -1.57. The molecule has 1 saturated carbocycles. The summed E-state index contributed by atoms with van der Waals surface area (Å²) in [5, 5.41) is 38.8. The average molecular weight is 760 g/mol. The van der Waals surface area contributed by atoms with E-state index in [0.717, 1.165) is 12.3 Å². The third-order valence-electron chi connectivity index (χ3n) is 8.32. The lowest BCUT2D eigenvalue weighted by Gasteiger charge is -2.44. The fourth-order valence-corrected chi connectivity index (χ4v) is 6.64. The van der Waals surface area contributed by atoms with Crippen molar-refractivity contribution >= 4 is 11.3 Å². The lowest BCUT2D eigenvalue weighted by Crippen LogP contribution is -2.64. The van der Waals surface area contributed by atoms with Gasteiger partial charge < -0.3 is 39.4 Å². The Hall–Kier alpha value is -3.40. The second-order valence-corrected chi connectivity index (χ2v) is 13.3. The van der Waals surface area contributed by atoms with E-state index in [0.29, 0.717) is 18.4 Å². The lowest BCUT2D eigenvalue weighted by atomic mass is 9.91. The van der Waals surface area contributed by atoms with Gasteiger partial charge in [0.15, 0.2) is 11.5 Å². The highest BCUT2D eigenvalue weighted by atomic mass is 32.1. The maximum Gasteiger partial charge on any atom is 0.433 e. The van der Waals surface area contributed by atoms with Crippen LogP contribution in [0.2, 0.25) is 0 Å². The van der Waals surface area contributed by atoms with Crippen molar-refractivity contribution in [3.05, 3.63) is 63.7 Å². The van der Waals surface area contributed by atoms with Crippen LogP contribution in [0.3, 0.4) is 0 Å². The van der Waals surface area contributed by atoms with Crippen LogP contribution < -0.4 is 14.2 Å². The van der Waals surface area contributed by atoms with Gasteiger partial charge in [-0.15, -0.1) is 11.3 Å². The Morgan fingerprint density at radius 1 is 0.941 bits per heavy atom. The lowest BCUT2D eigenvalue weighted by molar-refractivity contribution is -0.376. The molecule has 3 aromatic rings. The normalized spacial score (nSPS) is 23.8. The van der Waals surface area contributed by atoms with Crippen LogP contribution >= 0.6 is 11.3 Å². The van der Waals surface area contributed by atoms with Crippen LogP contribution in [0.25, 0.3) is 0 Å². The van der Waals surface area contributed by atoms with Gasteiger partial charge in [-0.2, -0.15) is 35.1 Å². The molecule has 4 N–H and O–H groups in total. The van der Waals surface area contributed by atoms with E-state index in [9.17, 15) is 55.5 Å². The molecule has 6 atom stereocenters. The Labute approximate surface area is 289 Å². The van der Waals surface area contributed by atoms with Gasteiger partial charge in [-0.3, -0.25) is 4.90 Å². The molecule has 3 heterocycles. The number of benzene rings is 1. The number of rotatable bonds is 13. The van der Waals surface area contributed by atoms with Gasteiger partial charge in [0.05, 0.1) is 12.7 Å². The van der Waals surface area contributed by atoms with E-state index in [1.165, 1.54) is 35.4 Å². The van der Waals surface area contributed by atoms with Crippen LogP contribution in [0.4, 0.5) is 35.1 Å². The molecule has 0 spiro atoms. The van der Waals surface area contributed by atoms with Crippen LogP contribution in [0.1, 0.15) is 39.8 Å². The van der Waals surface area contributed by atoms with Crippen LogP contribution in [-0.4, -0.2) is 112 Å². The molecule has 0 unspecified atom stereocenters. The van der Waals surface area contributed by atoms with E-state index >= 15 is 0 Å². The van der Waals surface area contributed by atoms with Gasteiger partial charge in [-0.25, -0.2) is 9.97 Å². The van der Waals surface area contributed by atoms with E-state index < -0.39 is 72.7 Å². The minimum atomic E-state index is -6.17. The number of likely N-dealkylation sites (N-methyl/N-ethyl adjacent to an activating group) is 1. The zero-order chi connectivity index (χ0) is 37.5. The van der Waals surface area contributed by atoms with E-state index in [4.69, 9.17) is 14.2 Å². The summed E-state index contributed by atoms with van der Waals surface area (Å²) in [5.41, 5.74) is -4.68. The molecule has 51 heavy (non-hydrogen) atoms. The summed E-state index contributed by atoms with van der Waals surface area (Å²) in [6, 6.07) is 5.69. The van der Waals surface area contributed by atoms with Crippen molar-refractivity contribution in [1.82, 2.24) is 14.9 Å². The molecule has 1 aliphatic heterocycles. The number of pyridine rings is 1. The molecule has 2 fully saturated rings. The zero-order valence-electron chi connectivity index (χ0n) is 26.7. The van der Waals surface area contributed by atoms with Crippen LogP contribution in [0, 0.1) is 0 Å². The molecule has 2 aliphatic rings. The number of hydrogen-bond acceptors (Lipinski definition) is 12. The van der Waals surface area contributed by atoms with Crippen LogP contribution in [-0.2, 0) is 16.8 Å². The molecule has 0 radical (unpaired) electrons. The number of halogens is 8. The van der Waals surface area contributed by atoms with E-state index in [1.54, 1.807) is 14.1 Å². The molecular weight excluding hydrogens is 726 g/mol. The maximum absolute atomic E-state index is 13.7. The monoisotopic (exact) mass is 759 g/mol. The SMILES string of the molecule is CN(C)[C@H]1[C@H](Oc2ccc(C[C@@H](c3ccc(OC(F)F)c(OC4CC4)c3)c3cnc(C(O)(C(F)(F)F)C(F)(F)F)s3)cn2)O[C@H](CO)[C@@H](O)[C@@H]1O. The molecule has 0 amide bonds. The minimum Gasteiger partial charge on any atom is -0.487 e. The summed E-state index contributed by atoms with van der Waals surface area (Å²) in [6.45, 7) is -3.85. The van der Waals surface area contributed by atoms with Crippen molar-refractivity contribution < 1.29 is 74.5 Å². The maximum atomic E-state index is 13.7. The highest BCUT2D eigenvalue weighted by molar-refractivity contribution is 7.11. The molecular formula is C31H33F8N3O8S. The van der Waals surface area contributed by atoms with E-state index in [1.807, 2.05) is 0 Å². The molecule has 0 bridgehead atoms. The van der Waals surface area contributed by atoms with Crippen molar-refractivity contribution in [3.8, 4) is 17.4 Å². The summed E-state index contributed by atoms with van der Waals surface area (Å²) in [6.07, 6.45) is -14.7. The van der Waals surface area contributed by atoms with Gasteiger partial charge in [0.25, 0.3) is 0 Å². The number of ether oxygens (including phenoxy) is 4. The number of thiazole rings is 1. The fraction of sp³-hybridized carbons (Fsp3) is 0.548. The Kier molecular flexibility index (Phi) is 11.4. The van der Waals surface area contributed by atoms with Crippen molar-refractivity contribution in [2.24, 2.45) is 0 Å². The van der Waals surface area contributed by atoms with Crippen molar-refractivity contribution in [1.29, 1.82) is 0 Å². The predicted molar refractivity (Wildman–Crippen MR) is 160 cm³/mol. The molecule has 5 rings (SSSR count). The highest BCUT2D eigenvalue weighted by Crippen LogP contribution is 2.52. The number of nitrogens with zero attached hydrogens (tertiary/aromatic N) is 3. The number of aliphatic hydroxyl groups is 4. The summed E-state index contributed by atoms with van der Waals surface area (Å²) < 4.78 is 130. The first-order valence-corrected chi connectivity index (χ1v) is 16.1. The molecule has 20 heteroatoms. The number of hydrogen-bond donors (Lipinski definition) is 4. The topological polar surface area (TPSA) is 147 Å². The van der Waals surface area contributed by atoms with Crippen molar-refractivity contribution in [2.45, 2.75) is 86.5 Å². The highest BCUT2D eigenvalue weighted by Gasteiger charge is 2.73. The average Bonchev–Trinajstić information content (AvgIpc) is 3.73. The molecule has 1 aromatic carbocycles. The van der Waals surface area contributed by atoms with Crippen LogP contribution in [0.15, 0.2) is 42.7 Å². The first kappa shape index (κ1) is 38.8. The molecule has 282 valence electrons. The van der Waals surface area contributed by atoms with Gasteiger partial charge in [0.1, 0.15) is 29.4 Å². The summed E-state index contributed by atoms with van der Waals surface area (Å²) in [4.78, 5) is 8.94. The predicted octanol–water partition coefficient (Wildman–Crippen LogP) is 4.12. The number of aliphatic hydroxyl groups excluding tert-OH is 3. The van der Waals surface area contributed by atoms with Gasteiger partial charge in [-0.05, 0) is 56.6 Å². The van der Waals surface area contributed by atoms with Crippen molar-refractivity contribution in [2.75, 3.05) is 20.7 Å². The minimum absolute atomic E-state index is 0.0293. The van der Waals surface area contributed by atoms with E-state index in [2.05, 4.69) is 14.7 Å². The number of alkyl halides is 8. The Balaban J connectivity index is 1.49. The second kappa shape index (κ2) is 14.9. The third-order valence-corrected chi connectivity index (χ3v) is 9.54. The van der Waals surface area contributed by atoms with Gasteiger partial charge in [-0.1, -0.05) is 12.1 Å². The summed E-state index contributed by atoms with van der Waals surface area (Å²) >= 11 is -0.0293. The molecule has 11 nitrogen and oxygen atoms in total. The van der Waals surface area contributed by atoms with Gasteiger partial charge >= 0.3 is 24.6 Å². The quantitative estimate of drug-likeness (QED) is 0.187. The Bertz CT molecular complexity index is 1610. The zero-order valence-corrected chi connectivity index (χ0v) is 27.5. The van der Waals surface area contributed by atoms with Crippen molar-refractivity contribution in [3.63, 3.8) is 0 Å². The molecule has 2 aromatic heterocycles. The standard InChI is InChI=1S/C31H33F8N3O8S/c1-42(2)23-25(45)24(44)20(13-43)48-26(23)50-22-8-3-14(11-40-22)9-17(15-4-7-18(49-28(32)33)19(10-15)47-16-5-6-16)21-12-41-27(51-21)29(46,30(34,35)36)31(37,38)39/h3-4,7-8,10-12,16-17,20,23-26,28,43-46H,5-6,9,13H2,1-2H3/t17-,20+,23+,24+,25+,26-/m0/s1. The van der Waals surface area contributed by atoms with Gasteiger partial charge in [0.2, 0.25) is 12.2 Å². The Morgan fingerprint density at radius 3 is 2.18 bits per heavy atom.